The minimum absolute atomic E-state index is 0.212. The van der Waals surface area contributed by atoms with E-state index in [2.05, 4.69) is 20.6 Å². The van der Waals surface area contributed by atoms with Crippen LogP contribution in [-0.2, 0) is 6.54 Å². The Morgan fingerprint density at radius 2 is 2.00 bits per heavy atom. The van der Waals surface area contributed by atoms with Gasteiger partial charge in [0, 0.05) is 17.3 Å². The van der Waals surface area contributed by atoms with E-state index < -0.39 is 0 Å². The van der Waals surface area contributed by atoms with Crippen LogP contribution in [0.25, 0.3) is 22.8 Å². The zero-order valence-electron chi connectivity index (χ0n) is 15.6. The second-order valence-electron chi connectivity index (χ2n) is 6.51. The Morgan fingerprint density at radius 3 is 2.83 bits per heavy atom. The maximum absolute atomic E-state index is 12.8. The van der Waals surface area contributed by atoms with Crippen molar-refractivity contribution in [3.8, 4) is 17.1 Å². The number of carbonyl (C=O) groups is 1. The van der Waals surface area contributed by atoms with Gasteiger partial charge < -0.3 is 9.73 Å². The van der Waals surface area contributed by atoms with E-state index in [-0.39, 0.29) is 18.1 Å². The van der Waals surface area contributed by atoms with E-state index in [1.54, 1.807) is 35.2 Å². The fraction of sp³-hybridized carbons (Fsp3) is 0.0476. The average Bonchev–Trinajstić information content (AvgIpc) is 3.51. The molecule has 0 spiro atoms. The molecule has 0 fully saturated rings. The minimum atomic E-state index is -0.337. The van der Waals surface area contributed by atoms with Crippen molar-refractivity contribution in [3.05, 3.63) is 89.7 Å². The lowest BCUT2D eigenvalue weighted by Crippen LogP contribution is -2.24. The topological polar surface area (TPSA) is 90.3 Å². The number of benzene rings is 1. The van der Waals surface area contributed by atoms with Crippen molar-refractivity contribution in [1.29, 1.82) is 0 Å². The van der Waals surface area contributed by atoms with Crippen LogP contribution in [0.2, 0.25) is 5.02 Å². The van der Waals surface area contributed by atoms with Gasteiger partial charge in [-0.05, 0) is 42.5 Å². The van der Waals surface area contributed by atoms with Crippen molar-refractivity contribution >= 4 is 23.2 Å². The van der Waals surface area contributed by atoms with Crippen molar-refractivity contribution in [2.75, 3.05) is 0 Å². The van der Waals surface area contributed by atoms with E-state index in [1.807, 2.05) is 47.0 Å². The number of fused-ring (bicyclic) bond motifs is 1. The molecule has 4 aromatic heterocycles. The molecule has 0 bridgehead atoms. The van der Waals surface area contributed by atoms with Gasteiger partial charge in [0.15, 0.2) is 22.9 Å². The number of aromatic nitrogens is 5. The van der Waals surface area contributed by atoms with Gasteiger partial charge in [-0.3, -0.25) is 9.20 Å². The standard InChI is InChI=1S/C21H15ClN6O2/c22-14-5-3-6-15(11-14)28-17(18-7-4-10-30-18)12-16(26-28)21(29)23-13-20-25-24-19-8-1-2-9-27(19)20/h1-12H,13H2,(H,23,29). The Balaban J connectivity index is 1.45. The summed E-state index contributed by atoms with van der Waals surface area (Å²) in [6, 6.07) is 18.1. The highest BCUT2D eigenvalue weighted by Gasteiger charge is 2.19. The fourth-order valence-electron chi connectivity index (χ4n) is 3.16. The van der Waals surface area contributed by atoms with Gasteiger partial charge in [0.2, 0.25) is 0 Å². The zero-order chi connectivity index (χ0) is 20.5. The van der Waals surface area contributed by atoms with Crippen molar-refractivity contribution in [3.63, 3.8) is 0 Å². The van der Waals surface area contributed by atoms with E-state index in [4.69, 9.17) is 16.0 Å². The number of carbonyl (C=O) groups excluding carboxylic acids is 1. The molecular formula is C21H15ClN6O2. The molecule has 0 aliphatic rings. The Labute approximate surface area is 175 Å². The molecule has 8 nitrogen and oxygen atoms in total. The summed E-state index contributed by atoms with van der Waals surface area (Å²) in [6.07, 6.45) is 3.42. The predicted octanol–water partition coefficient (Wildman–Crippen LogP) is 3.76. The number of halogens is 1. The Bertz CT molecular complexity index is 1340. The molecule has 0 saturated carbocycles. The van der Waals surface area contributed by atoms with Gasteiger partial charge in [-0.1, -0.05) is 23.7 Å². The van der Waals surface area contributed by atoms with Crippen LogP contribution in [0, 0.1) is 0 Å². The largest absolute Gasteiger partial charge is 0.463 e. The normalized spacial score (nSPS) is 11.1. The SMILES string of the molecule is O=C(NCc1nnc2ccccn12)c1cc(-c2ccco2)n(-c2cccc(Cl)c2)n1. The molecule has 0 aliphatic heterocycles. The molecule has 0 radical (unpaired) electrons. The third kappa shape index (κ3) is 3.33. The molecule has 5 aromatic rings. The Morgan fingerprint density at radius 1 is 1.07 bits per heavy atom. The summed E-state index contributed by atoms with van der Waals surface area (Å²) in [6.45, 7) is 0.212. The Kier molecular flexibility index (Phi) is 4.53. The van der Waals surface area contributed by atoms with Crippen LogP contribution in [-0.4, -0.2) is 30.3 Å². The van der Waals surface area contributed by atoms with Crippen molar-refractivity contribution in [2.45, 2.75) is 6.54 Å². The van der Waals surface area contributed by atoms with Gasteiger partial charge in [0.05, 0.1) is 18.5 Å². The predicted molar refractivity (Wildman–Crippen MR) is 110 cm³/mol. The summed E-state index contributed by atoms with van der Waals surface area (Å²) in [7, 11) is 0. The number of rotatable bonds is 5. The smallest absolute Gasteiger partial charge is 0.272 e. The van der Waals surface area contributed by atoms with E-state index in [1.165, 1.54) is 0 Å². The molecule has 148 valence electrons. The summed E-state index contributed by atoms with van der Waals surface area (Å²) in [5.74, 6) is 0.876. The number of hydrogen-bond acceptors (Lipinski definition) is 5. The fourth-order valence-corrected chi connectivity index (χ4v) is 3.34. The minimum Gasteiger partial charge on any atom is -0.463 e. The third-order valence-corrected chi connectivity index (χ3v) is 4.79. The molecule has 4 heterocycles. The third-order valence-electron chi connectivity index (χ3n) is 4.56. The molecule has 0 saturated heterocycles. The van der Waals surface area contributed by atoms with Crippen LogP contribution in [0.1, 0.15) is 16.3 Å². The van der Waals surface area contributed by atoms with Crippen LogP contribution >= 0.6 is 11.6 Å². The number of nitrogens with one attached hydrogen (secondary N) is 1. The first kappa shape index (κ1) is 18.1. The lowest BCUT2D eigenvalue weighted by molar-refractivity contribution is 0.0944. The van der Waals surface area contributed by atoms with Gasteiger partial charge in [0.1, 0.15) is 5.69 Å². The monoisotopic (exact) mass is 418 g/mol. The molecule has 0 atom stereocenters. The van der Waals surface area contributed by atoms with Gasteiger partial charge >= 0.3 is 0 Å². The molecule has 9 heteroatoms. The number of amides is 1. The van der Waals surface area contributed by atoms with Gasteiger partial charge in [-0.15, -0.1) is 10.2 Å². The van der Waals surface area contributed by atoms with Gasteiger partial charge in [-0.2, -0.15) is 5.10 Å². The van der Waals surface area contributed by atoms with Crippen LogP contribution < -0.4 is 5.32 Å². The molecule has 1 amide bonds. The zero-order valence-corrected chi connectivity index (χ0v) is 16.3. The number of hydrogen-bond donors (Lipinski definition) is 1. The van der Waals surface area contributed by atoms with Crippen LogP contribution in [0.3, 0.4) is 0 Å². The molecule has 5 rings (SSSR count). The molecule has 0 unspecified atom stereocenters. The highest BCUT2D eigenvalue weighted by atomic mass is 35.5. The molecule has 1 aromatic carbocycles. The highest BCUT2D eigenvalue weighted by Crippen LogP contribution is 2.25. The van der Waals surface area contributed by atoms with Crippen LogP contribution in [0.15, 0.2) is 77.5 Å². The lowest BCUT2D eigenvalue weighted by Gasteiger charge is -2.06. The summed E-state index contributed by atoms with van der Waals surface area (Å²) in [4.78, 5) is 12.8. The first-order valence-corrected chi connectivity index (χ1v) is 9.53. The Hall–Kier alpha value is -3.91. The average molecular weight is 419 g/mol. The molecule has 0 aliphatic carbocycles. The maximum atomic E-state index is 12.8. The summed E-state index contributed by atoms with van der Waals surface area (Å²) < 4.78 is 8.97. The summed E-state index contributed by atoms with van der Waals surface area (Å²) >= 11 is 6.14. The number of pyridine rings is 1. The first-order chi connectivity index (χ1) is 14.7. The maximum Gasteiger partial charge on any atom is 0.272 e. The van der Waals surface area contributed by atoms with Gasteiger partial charge in [-0.25, -0.2) is 4.68 Å². The van der Waals surface area contributed by atoms with Crippen LogP contribution in [0.5, 0.6) is 0 Å². The molecular weight excluding hydrogens is 404 g/mol. The molecule has 1 N–H and O–H groups in total. The van der Waals surface area contributed by atoms with Crippen LogP contribution in [0.4, 0.5) is 0 Å². The van der Waals surface area contributed by atoms with E-state index in [9.17, 15) is 4.79 Å². The summed E-state index contributed by atoms with van der Waals surface area (Å²) in [5.41, 5.74) is 2.32. The van der Waals surface area contributed by atoms with E-state index in [0.717, 1.165) is 5.69 Å². The lowest BCUT2D eigenvalue weighted by atomic mass is 10.2. The first-order valence-electron chi connectivity index (χ1n) is 9.16. The summed E-state index contributed by atoms with van der Waals surface area (Å²) in [5, 5.41) is 16.1. The van der Waals surface area contributed by atoms with E-state index in [0.29, 0.717) is 27.9 Å². The molecule has 30 heavy (non-hydrogen) atoms. The van der Waals surface area contributed by atoms with E-state index >= 15 is 0 Å². The number of furan rings is 1. The van der Waals surface area contributed by atoms with Crippen molar-refractivity contribution < 1.29 is 9.21 Å². The second kappa shape index (κ2) is 7.49. The number of nitrogens with zero attached hydrogens (tertiary/aromatic N) is 5. The van der Waals surface area contributed by atoms with Gasteiger partial charge in [0.25, 0.3) is 5.91 Å². The highest BCUT2D eigenvalue weighted by molar-refractivity contribution is 6.30. The quantitative estimate of drug-likeness (QED) is 0.469. The van der Waals surface area contributed by atoms with Crippen molar-refractivity contribution in [1.82, 2.24) is 29.7 Å². The van der Waals surface area contributed by atoms with Crippen molar-refractivity contribution in [2.24, 2.45) is 0 Å². The second-order valence-corrected chi connectivity index (χ2v) is 6.95.